The van der Waals surface area contributed by atoms with E-state index in [1.807, 2.05) is 0 Å². The van der Waals surface area contributed by atoms with E-state index in [1.165, 1.54) is 110 Å². The molecule has 0 atom stereocenters. The molecule has 2 aromatic heterocycles. The van der Waals surface area contributed by atoms with Gasteiger partial charge in [0.2, 0.25) is 0 Å². The second-order valence-electron chi connectivity index (χ2n) is 36.2. The van der Waals surface area contributed by atoms with Crippen molar-refractivity contribution >= 4 is 101 Å². The molecule has 4 nitrogen and oxygen atoms in total. The molecule has 15 aromatic carbocycles. The minimum Gasteiger partial charge on any atom is -0.311 e. The van der Waals surface area contributed by atoms with Crippen LogP contribution in [0.1, 0.15) is 139 Å². The van der Waals surface area contributed by atoms with Gasteiger partial charge in [-0.2, -0.15) is 0 Å². The maximum absolute atomic E-state index is 2.70. The van der Waals surface area contributed by atoms with E-state index in [1.54, 1.807) is 0 Å². The predicted octanol–water partition coefficient (Wildman–Crippen LogP) is 26.9. The Morgan fingerprint density at radius 2 is 0.558 bits per heavy atom. The zero-order chi connectivity index (χ0) is 77.1. The van der Waals surface area contributed by atoms with Crippen LogP contribution in [-0.2, 0) is 28.1 Å². The third kappa shape index (κ3) is 11.8. The van der Waals surface area contributed by atoms with Crippen molar-refractivity contribution in [3.05, 3.63) is 378 Å². The Bertz CT molecular complexity index is 6030. The Kier molecular flexibility index (Phi) is 16.1. The van der Waals surface area contributed by atoms with Crippen LogP contribution >= 0.6 is 0 Å². The lowest BCUT2D eigenvalue weighted by Gasteiger charge is -2.45. The SMILES string of the molecule is CC(C)(C)c1ccc2c(c1)c1cc(C(C)(C)C)ccc1n2-c1ccc2c(c1)N(c1cc(-c3ccccc3)cc(-c3ccccc3)c1)c1cc(C3c4ccccc4Cc4ccccc43)cc3c1B2c1ccc(-n2c4ccc(C(C)(C)C)cc4c4cc(C(C)(C)C)ccc42)cc1N3c1cc(-c2ccccc2)cc(-c2ccccc2)c1. The number of fused-ring (bicyclic) bond motifs is 12. The van der Waals surface area contributed by atoms with E-state index in [4.69, 9.17) is 0 Å². The number of rotatable bonds is 9. The molecule has 0 N–H and O–H groups in total. The highest BCUT2D eigenvalue weighted by molar-refractivity contribution is 7.00. The topological polar surface area (TPSA) is 16.3 Å². The van der Waals surface area contributed by atoms with Crippen molar-refractivity contribution in [2.45, 2.75) is 117 Å². The average molecular weight is 1460 g/mol. The van der Waals surface area contributed by atoms with Gasteiger partial charge in [0.15, 0.2) is 0 Å². The molecule has 0 radical (unpaired) electrons. The van der Waals surface area contributed by atoms with E-state index >= 15 is 0 Å². The summed E-state index contributed by atoms with van der Waals surface area (Å²) in [5, 5.41) is 5.06. The molecule has 0 saturated carbocycles. The van der Waals surface area contributed by atoms with Crippen molar-refractivity contribution in [2.75, 3.05) is 9.80 Å². The summed E-state index contributed by atoms with van der Waals surface area (Å²) in [7, 11) is 0. The number of anilines is 6. The smallest absolute Gasteiger partial charge is 0.252 e. The normalized spacial score (nSPS) is 13.5. The van der Waals surface area contributed by atoms with Crippen molar-refractivity contribution in [1.82, 2.24) is 9.13 Å². The maximum atomic E-state index is 2.70. The van der Waals surface area contributed by atoms with Gasteiger partial charge in [0, 0.05) is 73.0 Å². The Morgan fingerprint density at radius 3 is 0.867 bits per heavy atom. The summed E-state index contributed by atoms with van der Waals surface area (Å²) in [6.07, 6.45) is 0.867. The molecule has 0 bridgehead atoms. The second kappa shape index (κ2) is 26.1. The Morgan fingerprint density at radius 1 is 0.257 bits per heavy atom. The van der Waals surface area contributed by atoms with Crippen molar-refractivity contribution in [2.24, 2.45) is 0 Å². The molecule has 17 aromatic rings. The minimum absolute atomic E-state index is 0.0619. The van der Waals surface area contributed by atoms with Gasteiger partial charge in [-0.15, -0.1) is 0 Å². The largest absolute Gasteiger partial charge is 0.311 e. The maximum Gasteiger partial charge on any atom is 0.252 e. The summed E-state index contributed by atoms with van der Waals surface area (Å²) < 4.78 is 5.14. The lowest BCUT2D eigenvalue weighted by Crippen LogP contribution is -2.61. The van der Waals surface area contributed by atoms with E-state index in [9.17, 15) is 0 Å². The molecule has 113 heavy (non-hydrogen) atoms. The predicted molar refractivity (Wildman–Crippen MR) is 482 cm³/mol. The van der Waals surface area contributed by atoms with Crippen molar-refractivity contribution in [1.29, 1.82) is 0 Å². The molecule has 20 rings (SSSR count). The summed E-state index contributed by atoms with van der Waals surface area (Å²) in [4.78, 5) is 5.40. The fourth-order valence-electron chi connectivity index (χ4n) is 18.8. The van der Waals surface area contributed by atoms with E-state index in [0.29, 0.717) is 0 Å². The number of aromatic nitrogens is 2. The molecule has 2 aliphatic heterocycles. The highest BCUT2D eigenvalue weighted by Gasteiger charge is 2.46. The van der Waals surface area contributed by atoms with Gasteiger partial charge in [-0.05, 0) is 260 Å². The first kappa shape index (κ1) is 69.7. The molecule has 0 spiro atoms. The second-order valence-corrected chi connectivity index (χ2v) is 36.2. The molecule has 5 heteroatoms. The highest BCUT2D eigenvalue weighted by Crippen LogP contribution is 2.53. The van der Waals surface area contributed by atoms with E-state index < -0.39 is 0 Å². The highest BCUT2D eigenvalue weighted by atomic mass is 15.2. The molecule has 4 heterocycles. The molecule has 0 fully saturated rings. The van der Waals surface area contributed by atoms with Crippen LogP contribution in [0.25, 0.3) is 99.5 Å². The molecule has 0 saturated heterocycles. The quantitative estimate of drug-likeness (QED) is 0.134. The summed E-state index contributed by atoms with van der Waals surface area (Å²) in [5.74, 6) is -0.117. The Hall–Kier alpha value is -12.4. The summed E-state index contributed by atoms with van der Waals surface area (Å²) in [5.41, 5.74) is 38.3. The molecule has 0 amide bonds. The van der Waals surface area contributed by atoms with Crippen LogP contribution in [0.2, 0.25) is 0 Å². The van der Waals surface area contributed by atoms with E-state index in [0.717, 1.165) is 96.4 Å². The van der Waals surface area contributed by atoms with Crippen LogP contribution < -0.4 is 26.2 Å². The van der Waals surface area contributed by atoms with Gasteiger partial charge in [0.25, 0.3) is 6.71 Å². The Labute approximate surface area is 666 Å². The van der Waals surface area contributed by atoms with Crippen LogP contribution in [0, 0.1) is 0 Å². The molecule has 548 valence electrons. The zero-order valence-electron chi connectivity index (χ0n) is 66.8. The van der Waals surface area contributed by atoms with Crippen LogP contribution in [0.3, 0.4) is 0 Å². The van der Waals surface area contributed by atoms with Gasteiger partial charge in [-0.3, -0.25) is 0 Å². The van der Waals surface area contributed by atoms with Crippen molar-refractivity contribution < 1.29 is 0 Å². The molecular weight excluding hydrogens is 1360 g/mol. The van der Waals surface area contributed by atoms with Crippen molar-refractivity contribution in [3.8, 4) is 55.9 Å². The van der Waals surface area contributed by atoms with Crippen LogP contribution in [0.5, 0.6) is 0 Å². The first-order valence-corrected chi connectivity index (χ1v) is 40.5. The third-order valence-electron chi connectivity index (χ3n) is 24.8. The minimum atomic E-state index is -0.249. The van der Waals surface area contributed by atoms with Gasteiger partial charge in [-0.1, -0.05) is 289 Å². The van der Waals surface area contributed by atoms with Gasteiger partial charge >= 0.3 is 0 Å². The summed E-state index contributed by atoms with van der Waals surface area (Å²) >= 11 is 0. The number of hydrogen-bond acceptors (Lipinski definition) is 2. The fourth-order valence-corrected chi connectivity index (χ4v) is 18.8. The van der Waals surface area contributed by atoms with Crippen LogP contribution in [0.4, 0.5) is 34.1 Å². The third-order valence-corrected chi connectivity index (χ3v) is 24.8. The first-order chi connectivity index (χ1) is 54.5. The van der Waals surface area contributed by atoms with Gasteiger partial charge in [0.05, 0.1) is 22.1 Å². The van der Waals surface area contributed by atoms with E-state index in [-0.39, 0.29) is 34.3 Å². The molecule has 1 aliphatic carbocycles. The van der Waals surface area contributed by atoms with Gasteiger partial charge < -0.3 is 18.9 Å². The summed E-state index contributed by atoms with van der Waals surface area (Å²) in [6, 6.07) is 127. The Balaban J connectivity index is 0.946. The number of nitrogens with zero attached hydrogens (tertiary/aromatic N) is 4. The average Bonchev–Trinajstić information content (AvgIpc) is 1.29. The van der Waals surface area contributed by atoms with Gasteiger partial charge in [0.1, 0.15) is 0 Å². The monoisotopic (exact) mass is 1460 g/mol. The first-order valence-electron chi connectivity index (χ1n) is 40.5. The molecule has 0 unspecified atom stereocenters. The summed E-state index contributed by atoms with van der Waals surface area (Å²) in [6.45, 7) is 27.8. The number of benzene rings is 15. The zero-order valence-corrected chi connectivity index (χ0v) is 66.8. The lowest BCUT2D eigenvalue weighted by molar-refractivity contribution is 0.590. The van der Waals surface area contributed by atoms with E-state index in [2.05, 4.69) is 430 Å². The molecule has 3 aliphatic rings. The van der Waals surface area contributed by atoms with Crippen LogP contribution in [-0.4, -0.2) is 15.8 Å². The standard InChI is InChI=1S/C108H93BN4/c1-105(2,3)79-41-49-95-89(62-79)90-63-80(106(4,5)6)42-50-96(90)110(95)83-45-47-93-99(66-83)112(85-56-74(68-29-17-13-18-30-68)54-75(57-85)69-31-19-14-20-32-69)101-60-78(103-87-39-27-25-37-72(87)53-73-38-26-28-40-88(73)103)61-102-104(101)109(93)94-48-46-84(111-97-51-43-81(107(7,8)9)64-91(97)92-65-82(108(10,11)12)44-52-98(92)111)67-100(94)113(102)86-58-76(70-33-21-15-22-34-70)55-77(59-86)71-35-23-16-24-36-71/h13-52,54-67,103H,53H2,1-12H3. The fraction of sp³-hybridized carbons (Fsp3) is 0.167. The van der Waals surface area contributed by atoms with Crippen LogP contribution in [0.15, 0.2) is 328 Å². The number of hydrogen-bond donors (Lipinski definition) is 0. The lowest BCUT2D eigenvalue weighted by atomic mass is 9.33. The van der Waals surface area contributed by atoms with Crippen molar-refractivity contribution in [3.63, 3.8) is 0 Å². The molecular formula is C108H93BN4. The van der Waals surface area contributed by atoms with Gasteiger partial charge in [-0.25, -0.2) is 0 Å².